The summed E-state index contributed by atoms with van der Waals surface area (Å²) in [4.78, 5) is 2.48. The Labute approximate surface area is 104 Å². The zero-order chi connectivity index (χ0) is 12.3. The Morgan fingerprint density at radius 3 is 2.59 bits per heavy atom. The van der Waals surface area contributed by atoms with Crippen LogP contribution in [-0.2, 0) is 0 Å². The first kappa shape index (κ1) is 12.4. The van der Waals surface area contributed by atoms with Crippen LogP contribution in [0.3, 0.4) is 0 Å². The van der Waals surface area contributed by atoms with Gasteiger partial charge in [0.05, 0.1) is 6.10 Å². The number of anilines is 1. The number of nitrogens with zero attached hydrogens (tertiary/aromatic N) is 1. The summed E-state index contributed by atoms with van der Waals surface area (Å²) in [6.07, 6.45) is 4.21. The molecule has 1 aliphatic carbocycles. The number of benzene rings is 1. The van der Waals surface area contributed by atoms with Crippen LogP contribution in [0.1, 0.15) is 51.2 Å². The summed E-state index contributed by atoms with van der Waals surface area (Å²) in [6.45, 7) is 5.34. The van der Waals surface area contributed by atoms with E-state index in [1.807, 2.05) is 13.0 Å². The Bertz CT molecular complexity index is 360. The molecule has 17 heavy (non-hydrogen) atoms. The Morgan fingerprint density at radius 1 is 1.29 bits per heavy atom. The van der Waals surface area contributed by atoms with Gasteiger partial charge in [0.25, 0.3) is 0 Å². The van der Waals surface area contributed by atoms with Crippen LogP contribution in [0, 0.1) is 0 Å². The second kappa shape index (κ2) is 5.54. The van der Waals surface area contributed by atoms with Crippen LogP contribution in [0.15, 0.2) is 24.3 Å². The van der Waals surface area contributed by atoms with Crippen LogP contribution in [0.2, 0.25) is 0 Å². The predicted molar refractivity (Wildman–Crippen MR) is 72.4 cm³/mol. The molecule has 2 heteroatoms. The number of aliphatic hydroxyl groups is 1. The summed E-state index contributed by atoms with van der Waals surface area (Å²) in [5.41, 5.74) is 2.33. The SMILES string of the molecule is CCCN(c1ccccc1[C@@H](O)CC)C1CC1. The smallest absolute Gasteiger partial charge is 0.0807 e. The lowest BCUT2D eigenvalue weighted by Crippen LogP contribution is -2.27. The first-order valence-electron chi connectivity index (χ1n) is 6.81. The van der Waals surface area contributed by atoms with Gasteiger partial charge in [0.15, 0.2) is 0 Å². The van der Waals surface area contributed by atoms with Crippen LogP contribution in [-0.4, -0.2) is 17.7 Å². The molecule has 0 amide bonds. The van der Waals surface area contributed by atoms with Crippen molar-refractivity contribution in [3.63, 3.8) is 0 Å². The largest absolute Gasteiger partial charge is 0.388 e. The van der Waals surface area contributed by atoms with Crippen LogP contribution < -0.4 is 4.90 Å². The quantitative estimate of drug-likeness (QED) is 0.812. The third kappa shape index (κ3) is 2.81. The van der Waals surface area contributed by atoms with Crippen molar-refractivity contribution >= 4 is 5.69 Å². The second-order valence-electron chi connectivity index (χ2n) is 4.91. The molecule has 2 rings (SSSR count). The molecular formula is C15H23NO. The molecule has 1 saturated carbocycles. The lowest BCUT2D eigenvalue weighted by atomic mass is 10.0. The van der Waals surface area contributed by atoms with Crippen molar-refractivity contribution in [1.29, 1.82) is 0 Å². The predicted octanol–water partition coefficient (Wildman–Crippen LogP) is 3.51. The van der Waals surface area contributed by atoms with Crippen LogP contribution in [0.25, 0.3) is 0 Å². The molecule has 0 radical (unpaired) electrons. The van der Waals surface area contributed by atoms with Gasteiger partial charge in [-0.05, 0) is 31.7 Å². The lowest BCUT2D eigenvalue weighted by molar-refractivity contribution is 0.174. The summed E-state index contributed by atoms with van der Waals surface area (Å²) in [6, 6.07) is 9.03. The molecule has 1 aliphatic rings. The molecule has 0 spiro atoms. The number of rotatable bonds is 6. The van der Waals surface area contributed by atoms with Crippen molar-refractivity contribution < 1.29 is 5.11 Å². The van der Waals surface area contributed by atoms with Gasteiger partial charge in [-0.15, -0.1) is 0 Å². The lowest BCUT2D eigenvalue weighted by Gasteiger charge is -2.28. The van der Waals surface area contributed by atoms with E-state index in [0.29, 0.717) is 6.04 Å². The third-order valence-electron chi connectivity index (χ3n) is 3.44. The fourth-order valence-corrected chi connectivity index (χ4v) is 2.38. The van der Waals surface area contributed by atoms with E-state index in [2.05, 4.69) is 30.0 Å². The molecule has 0 aliphatic heterocycles. The number of hydrogen-bond acceptors (Lipinski definition) is 2. The topological polar surface area (TPSA) is 23.5 Å². The van der Waals surface area contributed by atoms with Crippen molar-refractivity contribution in [3.8, 4) is 0 Å². The van der Waals surface area contributed by atoms with Gasteiger partial charge in [0, 0.05) is 23.8 Å². The van der Waals surface area contributed by atoms with E-state index >= 15 is 0 Å². The number of hydrogen-bond donors (Lipinski definition) is 1. The monoisotopic (exact) mass is 233 g/mol. The Balaban J connectivity index is 2.28. The molecule has 0 heterocycles. The van der Waals surface area contributed by atoms with Gasteiger partial charge >= 0.3 is 0 Å². The maximum absolute atomic E-state index is 10.1. The average molecular weight is 233 g/mol. The summed E-state index contributed by atoms with van der Waals surface area (Å²) in [7, 11) is 0. The maximum Gasteiger partial charge on any atom is 0.0807 e. The first-order chi connectivity index (χ1) is 8.27. The van der Waals surface area contributed by atoms with Gasteiger partial charge in [-0.3, -0.25) is 0 Å². The molecule has 0 aromatic heterocycles. The van der Waals surface area contributed by atoms with Gasteiger partial charge in [0.1, 0.15) is 0 Å². The van der Waals surface area contributed by atoms with E-state index in [9.17, 15) is 5.11 Å². The van der Waals surface area contributed by atoms with E-state index in [4.69, 9.17) is 0 Å². The molecule has 1 N–H and O–H groups in total. The van der Waals surface area contributed by atoms with Gasteiger partial charge < -0.3 is 10.0 Å². The fourth-order valence-electron chi connectivity index (χ4n) is 2.38. The summed E-state index contributed by atoms with van der Waals surface area (Å²) >= 11 is 0. The van der Waals surface area contributed by atoms with Gasteiger partial charge in [-0.2, -0.15) is 0 Å². The van der Waals surface area contributed by atoms with E-state index < -0.39 is 0 Å². The van der Waals surface area contributed by atoms with Crippen molar-refractivity contribution in [2.45, 2.75) is 51.7 Å². The molecular weight excluding hydrogens is 210 g/mol. The van der Waals surface area contributed by atoms with Gasteiger partial charge in [-0.25, -0.2) is 0 Å². The molecule has 1 fully saturated rings. The summed E-state index contributed by atoms with van der Waals surface area (Å²) in [5, 5.41) is 10.1. The van der Waals surface area contributed by atoms with E-state index in [1.54, 1.807) is 0 Å². The Morgan fingerprint density at radius 2 is 2.00 bits per heavy atom. The average Bonchev–Trinajstić information content (AvgIpc) is 3.19. The Hall–Kier alpha value is -1.02. The van der Waals surface area contributed by atoms with Crippen molar-refractivity contribution in [2.24, 2.45) is 0 Å². The molecule has 1 aromatic carbocycles. The summed E-state index contributed by atoms with van der Waals surface area (Å²) in [5.74, 6) is 0. The molecule has 0 saturated heterocycles. The van der Waals surface area contributed by atoms with E-state index in [0.717, 1.165) is 24.9 Å². The first-order valence-corrected chi connectivity index (χ1v) is 6.81. The zero-order valence-corrected chi connectivity index (χ0v) is 10.9. The van der Waals surface area contributed by atoms with Crippen molar-refractivity contribution in [1.82, 2.24) is 0 Å². The molecule has 1 aromatic rings. The second-order valence-corrected chi connectivity index (χ2v) is 4.91. The molecule has 0 unspecified atom stereocenters. The third-order valence-corrected chi connectivity index (χ3v) is 3.44. The highest BCUT2D eigenvalue weighted by Crippen LogP contribution is 2.36. The zero-order valence-electron chi connectivity index (χ0n) is 10.9. The minimum absolute atomic E-state index is 0.329. The number of para-hydroxylation sites is 1. The Kier molecular flexibility index (Phi) is 4.06. The van der Waals surface area contributed by atoms with Crippen LogP contribution in [0.4, 0.5) is 5.69 Å². The van der Waals surface area contributed by atoms with E-state index in [-0.39, 0.29) is 6.10 Å². The standard InChI is InChI=1S/C15H23NO/c1-3-11-16(12-9-10-12)14-8-6-5-7-13(14)15(17)4-2/h5-8,12,15,17H,3-4,9-11H2,1-2H3/t15-/m0/s1. The van der Waals surface area contributed by atoms with E-state index in [1.165, 1.54) is 18.5 Å². The van der Waals surface area contributed by atoms with Crippen molar-refractivity contribution in [3.05, 3.63) is 29.8 Å². The van der Waals surface area contributed by atoms with Gasteiger partial charge in [0.2, 0.25) is 0 Å². The van der Waals surface area contributed by atoms with Gasteiger partial charge in [-0.1, -0.05) is 32.0 Å². The minimum atomic E-state index is -0.329. The number of aliphatic hydroxyl groups excluding tert-OH is 1. The van der Waals surface area contributed by atoms with Crippen molar-refractivity contribution in [2.75, 3.05) is 11.4 Å². The van der Waals surface area contributed by atoms with Crippen LogP contribution in [0.5, 0.6) is 0 Å². The highest BCUT2D eigenvalue weighted by Gasteiger charge is 2.30. The minimum Gasteiger partial charge on any atom is -0.388 e. The molecule has 1 atom stereocenters. The van der Waals surface area contributed by atoms with Crippen LogP contribution >= 0.6 is 0 Å². The normalized spacial score (nSPS) is 16.9. The fraction of sp³-hybridized carbons (Fsp3) is 0.600. The maximum atomic E-state index is 10.1. The highest BCUT2D eigenvalue weighted by molar-refractivity contribution is 5.56. The molecule has 94 valence electrons. The molecule has 0 bridgehead atoms. The summed E-state index contributed by atoms with van der Waals surface area (Å²) < 4.78 is 0. The molecule has 2 nitrogen and oxygen atoms in total. The highest BCUT2D eigenvalue weighted by atomic mass is 16.3.